The Morgan fingerprint density at radius 3 is 2.54 bits per heavy atom. The molecule has 3 atom stereocenters. The van der Waals surface area contributed by atoms with Gasteiger partial charge in [0.05, 0.1) is 25.9 Å². The maximum Gasteiger partial charge on any atom is 0.407 e. The average molecular weight is 534 g/mol. The Kier molecular flexibility index (Phi) is 9.70. The first-order valence-corrected chi connectivity index (χ1v) is 14.2. The van der Waals surface area contributed by atoms with Crippen molar-refractivity contribution in [2.24, 2.45) is 0 Å². The highest BCUT2D eigenvalue weighted by molar-refractivity contribution is 5.82. The summed E-state index contributed by atoms with van der Waals surface area (Å²) in [6, 6.07) is 22.8. The first kappa shape index (κ1) is 27.4. The number of carboxylic acid groups (broad SMARTS) is 1. The molecule has 3 unspecified atom stereocenters. The second-order valence-electron chi connectivity index (χ2n) is 10.4. The van der Waals surface area contributed by atoms with E-state index in [4.69, 9.17) is 18.9 Å². The van der Waals surface area contributed by atoms with E-state index in [0.29, 0.717) is 32.9 Å². The molecule has 2 aliphatic rings. The largest absolute Gasteiger partial charge is 0.494 e. The Balaban J connectivity index is 1.13. The lowest BCUT2D eigenvalue weighted by Gasteiger charge is -2.37. The van der Waals surface area contributed by atoms with Gasteiger partial charge in [-0.15, -0.1) is 0 Å². The third-order valence-electron chi connectivity index (χ3n) is 7.66. The number of ether oxygens (including phenoxy) is 4. The van der Waals surface area contributed by atoms with Crippen LogP contribution in [0.1, 0.15) is 55.6 Å². The van der Waals surface area contributed by atoms with Crippen LogP contribution in [0.15, 0.2) is 66.7 Å². The predicted octanol–water partition coefficient (Wildman–Crippen LogP) is 6.59. The summed E-state index contributed by atoms with van der Waals surface area (Å²) < 4.78 is 23.7. The molecule has 3 aromatic rings. The van der Waals surface area contributed by atoms with Crippen molar-refractivity contribution in [1.29, 1.82) is 0 Å². The number of piperidine rings is 1. The first-order chi connectivity index (χ1) is 19.2. The molecule has 0 saturated carbocycles. The van der Waals surface area contributed by atoms with Gasteiger partial charge in [-0.2, -0.15) is 0 Å². The van der Waals surface area contributed by atoms with Crippen LogP contribution in [-0.4, -0.2) is 61.4 Å². The van der Waals surface area contributed by atoms with E-state index in [1.165, 1.54) is 22.1 Å². The van der Waals surface area contributed by atoms with Crippen molar-refractivity contribution in [2.45, 2.75) is 63.4 Å². The fourth-order valence-corrected chi connectivity index (χ4v) is 5.44. The Bertz CT molecular complexity index is 1190. The molecule has 2 saturated heterocycles. The van der Waals surface area contributed by atoms with Crippen molar-refractivity contribution in [3.8, 4) is 5.75 Å². The zero-order valence-electron chi connectivity index (χ0n) is 22.5. The maximum atomic E-state index is 11.7. The van der Waals surface area contributed by atoms with Crippen molar-refractivity contribution in [3.05, 3.63) is 77.9 Å². The molecule has 0 aromatic heterocycles. The molecular weight excluding hydrogens is 494 g/mol. The molecule has 1 amide bonds. The van der Waals surface area contributed by atoms with E-state index in [9.17, 15) is 9.90 Å². The smallest absolute Gasteiger partial charge is 0.407 e. The van der Waals surface area contributed by atoms with E-state index in [1.54, 1.807) is 0 Å². The lowest BCUT2D eigenvalue weighted by Crippen LogP contribution is -2.46. The lowest BCUT2D eigenvalue weighted by molar-refractivity contribution is -0.162. The van der Waals surface area contributed by atoms with Gasteiger partial charge in [0.1, 0.15) is 5.75 Å². The van der Waals surface area contributed by atoms with Crippen molar-refractivity contribution in [3.63, 3.8) is 0 Å². The van der Waals surface area contributed by atoms with E-state index in [0.717, 1.165) is 55.6 Å². The molecule has 7 nitrogen and oxygen atoms in total. The molecule has 0 spiro atoms. The first-order valence-electron chi connectivity index (χ1n) is 14.2. The van der Waals surface area contributed by atoms with Crippen LogP contribution in [0.25, 0.3) is 10.8 Å². The van der Waals surface area contributed by atoms with Crippen molar-refractivity contribution in [1.82, 2.24) is 4.90 Å². The van der Waals surface area contributed by atoms with Crippen LogP contribution in [-0.2, 0) is 20.8 Å². The number of benzene rings is 3. The summed E-state index contributed by atoms with van der Waals surface area (Å²) in [6.45, 7) is 3.45. The van der Waals surface area contributed by atoms with Gasteiger partial charge in [0.2, 0.25) is 0 Å². The monoisotopic (exact) mass is 533 g/mol. The second-order valence-corrected chi connectivity index (χ2v) is 10.4. The highest BCUT2D eigenvalue weighted by Crippen LogP contribution is 2.32. The number of unbranched alkanes of at least 4 members (excludes halogenated alkanes) is 1. The van der Waals surface area contributed by atoms with Gasteiger partial charge in [0, 0.05) is 25.7 Å². The van der Waals surface area contributed by atoms with Gasteiger partial charge in [0.25, 0.3) is 0 Å². The highest BCUT2D eigenvalue weighted by atomic mass is 16.7. The Morgan fingerprint density at radius 2 is 1.74 bits per heavy atom. The SMILES string of the molecule is O=C(O)N1CCC(c2ccc(OCCCCOC3CCCCO3)cc2)C(OCc2ccc3ccccc3c2)C1. The van der Waals surface area contributed by atoms with E-state index < -0.39 is 6.09 Å². The summed E-state index contributed by atoms with van der Waals surface area (Å²) in [5, 5.41) is 12.0. The molecule has 2 aliphatic heterocycles. The summed E-state index contributed by atoms with van der Waals surface area (Å²) in [7, 11) is 0. The fourth-order valence-electron chi connectivity index (χ4n) is 5.44. The molecule has 1 N–H and O–H groups in total. The predicted molar refractivity (Wildman–Crippen MR) is 150 cm³/mol. The minimum Gasteiger partial charge on any atom is -0.494 e. The van der Waals surface area contributed by atoms with Gasteiger partial charge in [-0.1, -0.05) is 48.5 Å². The number of amides is 1. The van der Waals surface area contributed by atoms with E-state index in [1.807, 2.05) is 24.3 Å². The standard InChI is InChI=1S/C32H39NO6/c34-32(35)33-17-16-29(30(22-33)39-23-24-10-11-25-7-1-2-8-27(25)21-24)26-12-14-28(15-13-26)36-18-5-6-20-38-31-9-3-4-19-37-31/h1-2,7-8,10-15,21,29-31H,3-6,9,16-20,22-23H2,(H,34,35). The lowest BCUT2D eigenvalue weighted by atomic mass is 9.87. The zero-order chi connectivity index (χ0) is 26.9. The van der Waals surface area contributed by atoms with Gasteiger partial charge in [0.15, 0.2) is 6.29 Å². The minimum atomic E-state index is -0.895. The van der Waals surface area contributed by atoms with Crippen LogP contribution < -0.4 is 4.74 Å². The van der Waals surface area contributed by atoms with Crippen molar-refractivity contribution < 1.29 is 28.8 Å². The molecule has 3 aromatic carbocycles. The van der Waals surface area contributed by atoms with Crippen LogP contribution in [0.2, 0.25) is 0 Å². The van der Waals surface area contributed by atoms with Gasteiger partial charge in [-0.25, -0.2) is 4.79 Å². The van der Waals surface area contributed by atoms with Crippen molar-refractivity contribution >= 4 is 16.9 Å². The minimum absolute atomic E-state index is 0.0324. The van der Waals surface area contributed by atoms with Gasteiger partial charge in [-0.3, -0.25) is 0 Å². The summed E-state index contributed by atoms with van der Waals surface area (Å²) in [6.07, 6.45) is 4.74. The molecule has 39 heavy (non-hydrogen) atoms. The van der Waals surface area contributed by atoms with Crippen LogP contribution in [0, 0.1) is 0 Å². The van der Waals surface area contributed by atoms with Gasteiger partial charge < -0.3 is 29.0 Å². The number of likely N-dealkylation sites (tertiary alicyclic amines) is 1. The summed E-state index contributed by atoms with van der Waals surface area (Å²) >= 11 is 0. The quantitative estimate of drug-likeness (QED) is 0.280. The van der Waals surface area contributed by atoms with Crippen LogP contribution >= 0.6 is 0 Å². The molecule has 0 bridgehead atoms. The van der Waals surface area contributed by atoms with E-state index in [2.05, 4.69) is 42.5 Å². The number of rotatable bonds is 11. The molecule has 2 fully saturated rings. The van der Waals surface area contributed by atoms with E-state index >= 15 is 0 Å². The number of carbonyl (C=O) groups is 1. The second kappa shape index (κ2) is 13.8. The third-order valence-corrected chi connectivity index (χ3v) is 7.66. The number of fused-ring (bicyclic) bond motifs is 1. The molecular formula is C32H39NO6. The summed E-state index contributed by atoms with van der Waals surface area (Å²) in [4.78, 5) is 13.2. The Hall–Kier alpha value is -3.13. The Morgan fingerprint density at radius 1 is 0.923 bits per heavy atom. The molecule has 5 rings (SSSR count). The molecule has 0 aliphatic carbocycles. The van der Waals surface area contributed by atoms with Gasteiger partial charge >= 0.3 is 6.09 Å². The zero-order valence-corrected chi connectivity index (χ0v) is 22.5. The van der Waals surface area contributed by atoms with Crippen LogP contribution in [0.3, 0.4) is 0 Å². The summed E-state index contributed by atoms with van der Waals surface area (Å²) in [5.41, 5.74) is 2.23. The molecule has 208 valence electrons. The number of hydrogen-bond acceptors (Lipinski definition) is 5. The Labute approximate surface area is 230 Å². The van der Waals surface area contributed by atoms with Crippen molar-refractivity contribution in [2.75, 3.05) is 32.9 Å². The topological polar surface area (TPSA) is 77.5 Å². The van der Waals surface area contributed by atoms with Crippen LogP contribution in [0.5, 0.6) is 5.75 Å². The molecule has 2 heterocycles. The normalized spacial score (nSPS) is 21.6. The average Bonchev–Trinajstić information content (AvgIpc) is 2.98. The number of hydrogen-bond donors (Lipinski definition) is 1. The van der Waals surface area contributed by atoms with Gasteiger partial charge in [-0.05, 0) is 78.6 Å². The molecule has 7 heteroatoms. The fraction of sp³-hybridized carbons (Fsp3) is 0.469. The van der Waals surface area contributed by atoms with Crippen LogP contribution in [0.4, 0.5) is 4.79 Å². The molecule has 0 radical (unpaired) electrons. The maximum absolute atomic E-state index is 11.7. The highest BCUT2D eigenvalue weighted by Gasteiger charge is 2.33. The number of nitrogens with zero attached hydrogens (tertiary/aromatic N) is 1. The third kappa shape index (κ3) is 7.72. The summed E-state index contributed by atoms with van der Waals surface area (Å²) in [5.74, 6) is 0.959. The van der Waals surface area contributed by atoms with E-state index in [-0.39, 0.29) is 18.3 Å².